The minimum absolute atomic E-state index is 0.0763. The van der Waals surface area contributed by atoms with Crippen molar-refractivity contribution < 1.29 is 18.7 Å². The zero-order valence-electron chi connectivity index (χ0n) is 14.4. The van der Waals surface area contributed by atoms with Crippen LogP contribution in [0.1, 0.15) is 27.6 Å². The van der Waals surface area contributed by atoms with Crippen LogP contribution in [0, 0.1) is 5.82 Å². The van der Waals surface area contributed by atoms with Crippen LogP contribution in [0.2, 0.25) is 5.02 Å². The Kier molecular flexibility index (Phi) is 5.57. The van der Waals surface area contributed by atoms with Gasteiger partial charge in [-0.3, -0.25) is 9.78 Å². The smallest absolute Gasteiger partial charge is 0.249 e. The number of carbonyl (C=O) groups excluding carboxylic acids is 1. The van der Waals surface area contributed by atoms with Crippen LogP contribution in [0.3, 0.4) is 0 Å². The van der Waals surface area contributed by atoms with E-state index in [4.69, 9.17) is 26.8 Å². The third-order valence-electron chi connectivity index (χ3n) is 3.97. The molecule has 5 nitrogen and oxygen atoms in total. The third-order valence-corrected chi connectivity index (χ3v) is 4.26. The summed E-state index contributed by atoms with van der Waals surface area (Å²) < 4.78 is 25.0. The van der Waals surface area contributed by atoms with Crippen LogP contribution in [-0.4, -0.2) is 18.0 Å². The topological polar surface area (TPSA) is 74.4 Å². The van der Waals surface area contributed by atoms with Crippen molar-refractivity contribution >= 4 is 17.5 Å². The number of carbonyl (C=O) groups is 1. The Morgan fingerprint density at radius 1 is 1.19 bits per heavy atom. The van der Waals surface area contributed by atoms with Crippen molar-refractivity contribution in [2.75, 3.05) is 7.11 Å². The molecular formula is C20H16ClFN2O3. The number of benzene rings is 2. The zero-order valence-corrected chi connectivity index (χ0v) is 15.1. The molecule has 3 aromatic rings. The Morgan fingerprint density at radius 2 is 1.96 bits per heavy atom. The summed E-state index contributed by atoms with van der Waals surface area (Å²) in [5, 5.41) is -0.0763. The fraction of sp³-hybridized carbons (Fsp3) is 0.100. The Morgan fingerprint density at radius 3 is 2.67 bits per heavy atom. The van der Waals surface area contributed by atoms with E-state index in [9.17, 15) is 9.18 Å². The number of aromatic nitrogens is 1. The first-order valence-corrected chi connectivity index (χ1v) is 8.37. The summed E-state index contributed by atoms with van der Waals surface area (Å²) in [5.74, 6) is -0.309. The van der Waals surface area contributed by atoms with E-state index in [-0.39, 0.29) is 10.6 Å². The van der Waals surface area contributed by atoms with Crippen molar-refractivity contribution in [2.24, 2.45) is 5.73 Å². The van der Waals surface area contributed by atoms with Crippen LogP contribution < -0.4 is 15.2 Å². The van der Waals surface area contributed by atoms with Gasteiger partial charge in [0.2, 0.25) is 5.91 Å². The van der Waals surface area contributed by atoms with Gasteiger partial charge < -0.3 is 15.2 Å². The number of nitrogens with zero attached hydrogens (tertiary/aromatic N) is 1. The second-order valence-corrected chi connectivity index (χ2v) is 6.05. The van der Waals surface area contributed by atoms with E-state index in [1.807, 2.05) is 12.1 Å². The maximum absolute atomic E-state index is 13.5. The molecule has 3 rings (SSSR count). The molecule has 2 N–H and O–H groups in total. The second kappa shape index (κ2) is 8.05. The highest BCUT2D eigenvalue weighted by molar-refractivity contribution is 6.30. The second-order valence-electron chi connectivity index (χ2n) is 5.64. The van der Waals surface area contributed by atoms with Crippen molar-refractivity contribution in [3.05, 3.63) is 88.5 Å². The molecule has 0 saturated heterocycles. The minimum Gasteiger partial charge on any atom is -0.496 e. The summed E-state index contributed by atoms with van der Waals surface area (Å²) in [6, 6.07) is 12.7. The van der Waals surface area contributed by atoms with E-state index in [0.717, 1.165) is 0 Å². The molecule has 0 radical (unpaired) electrons. The fourth-order valence-corrected chi connectivity index (χ4v) is 2.87. The molecular weight excluding hydrogens is 371 g/mol. The number of halogens is 2. The molecule has 0 aliphatic rings. The highest BCUT2D eigenvalue weighted by Gasteiger charge is 2.25. The van der Waals surface area contributed by atoms with Crippen molar-refractivity contribution in [3.63, 3.8) is 0 Å². The molecule has 0 aliphatic carbocycles. The van der Waals surface area contributed by atoms with Gasteiger partial charge in [0.1, 0.15) is 17.3 Å². The van der Waals surface area contributed by atoms with Gasteiger partial charge in [-0.1, -0.05) is 29.8 Å². The van der Waals surface area contributed by atoms with Crippen LogP contribution in [-0.2, 0) is 0 Å². The molecule has 0 bridgehead atoms. The molecule has 1 heterocycles. The predicted molar refractivity (Wildman–Crippen MR) is 99.6 cm³/mol. The van der Waals surface area contributed by atoms with Gasteiger partial charge >= 0.3 is 0 Å². The van der Waals surface area contributed by atoms with Gasteiger partial charge in [-0.05, 0) is 24.3 Å². The summed E-state index contributed by atoms with van der Waals surface area (Å²) in [6.07, 6.45) is 2.19. The average molecular weight is 387 g/mol. The van der Waals surface area contributed by atoms with E-state index < -0.39 is 17.8 Å². The number of pyridine rings is 1. The molecule has 1 amide bonds. The van der Waals surface area contributed by atoms with Crippen molar-refractivity contribution in [1.82, 2.24) is 4.98 Å². The van der Waals surface area contributed by atoms with E-state index >= 15 is 0 Å². The molecule has 0 fully saturated rings. The number of ether oxygens (including phenoxy) is 2. The first kappa shape index (κ1) is 18.7. The van der Waals surface area contributed by atoms with Gasteiger partial charge in [-0.25, -0.2) is 4.39 Å². The maximum Gasteiger partial charge on any atom is 0.249 e. The van der Waals surface area contributed by atoms with Gasteiger partial charge in [0, 0.05) is 35.2 Å². The molecule has 1 aromatic heterocycles. The highest BCUT2D eigenvalue weighted by atomic mass is 35.5. The van der Waals surface area contributed by atoms with E-state index in [0.29, 0.717) is 22.6 Å². The molecule has 0 spiro atoms. The van der Waals surface area contributed by atoms with Gasteiger partial charge in [-0.15, -0.1) is 0 Å². The monoisotopic (exact) mass is 386 g/mol. The van der Waals surface area contributed by atoms with Crippen molar-refractivity contribution in [3.8, 4) is 11.5 Å². The molecule has 7 heteroatoms. The number of hydrogen-bond acceptors (Lipinski definition) is 4. The Balaban J connectivity index is 2.15. The Bertz CT molecular complexity index is 981. The van der Waals surface area contributed by atoms with E-state index in [2.05, 4.69) is 4.98 Å². The Labute approximate surface area is 160 Å². The predicted octanol–water partition coefficient (Wildman–Crippen LogP) is 4.15. The number of hydrogen-bond donors (Lipinski definition) is 1. The van der Waals surface area contributed by atoms with Crippen molar-refractivity contribution in [2.45, 2.75) is 6.10 Å². The number of para-hydroxylation sites is 1. The van der Waals surface area contributed by atoms with E-state index in [1.165, 1.54) is 43.8 Å². The summed E-state index contributed by atoms with van der Waals surface area (Å²) in [5.41, 5.74) is 6.88. The summed E-state index contributed by atoms with van der Waals surface area (Å²) in [6.45, 7) is 0. The van der Waals surface area contributed by atoms with E-state index in [1.54, 1.807) is 12.1 Å². The lowest BCUT2D eigenvalue weighted by Gasteiger charge is -2.23. The fourth-order valence-electron chi connectivity index (χ4n) is 2.70. The van der Waals surface area contributed by atoms with Crippen LogP contribution in [0.5, 0.6) is 11.5 Å². The number of amides is 1. The first-order valence-electron chi connectivity index (χ1n) is 7.99. The number of rotatable bonds is 6. The van der Waals surface area contributed by atoms with Gasteiger partial charge in [-0.2, -0.15) is 0 Å². The third kappa shape index (κ3) is 4.01. The Hall–Kier alpha value is -3.12. The van der Waals surface area contributed by atoms with Crippen LogP contribution >= 0.6 is 11.6 Å². The summed E-state index contributed by atoms with van der Waals surface area (Å²) in [7, 11) is 1.53. The van der Waals surface area contributed by atoms with Crippen LogP contribution in [0.15, 0.2) is 60.9 Å². The molecule has 0 aliphatic heterocycles. The number of primary amides is 1. The molecule has 27 heavy (non-hydrogen) atoms. The zero-order chi connectivity index (χ0) is 19.4. The van der Waals surface area contributed by atoms with Gasteiger partial charge in [0.15, 0.2) is 6.10 Å². The van der Waals surface area contributed by atoms with Gasteiger partial charge in [0.05, 0.1) is 12.1 Å². The first-order chi connectivity index (χ1) is 13.0. The lowest BCUT2D eigenvalue weighted by molar-refractivity contribution is 0.0996. The summed E-state index contributed by atoms with van der Waals surface area (Å²) in [4.78, 5) is 16.0. The lowest BCUT2D eigenvalue weighted by atomic mass is 9.97. The summed E-state index contributed by atoms with van der Waals surface area (Å²) >= 11 is 5.86. The lowest BCUT2D eigenvalue weighted by Crippen LogP contribution is -2.19. The normalized spacial score (nSPS) is 11.7. The number of methoxy groups -OCH3 is 1. The molecule has 138 valence electrons. The van der Waals surface area contributed by atoms with Gasteiger partial charge in [0.25, 0.3) is 0 Å². The SMILES string of the molecule is COc1ccccc1C(Oc1ccc(F)c(Cl)c1)c1cnccc1C(N)=O. The highest BCUT2D eigenvalue weighted by Crippen LogP contribution is 2.36. The van der Waals surface area contributed by atoms with Crippen LogP contribution in [0.4, 0.5) is 4.39 Å². The maximum atomic E-state index is 13.5. The largest absolute Gasteiger partial charge is 0.496 e. The average Bonchev–Trinajstić information content (AvgIpc) is 2.68. The molecule has 1 unspecified atom stereocenters. The van der Waals surface area contributed by atoms with Crippen molar-refractivity contribution in [1.29, 1.82) is 0 Å². The standard InChI is InChI=1S/C20H16ClFN2O3/c1-26-18-5-3-2-4-14(18)19(15-11-24-9-8-13(15)20(23)25)27-12-6-7-17(22)16(21)10-12/h2-11,19H,1H3,(H2,23,25). The molecule has 1 atom stereocenters. The molecule has 0 saturated carbocycles. The minimum atomic E-state index is -0.779. The quantitative estimate of drug-likeness (QED) is 0.690. The molecule has 2 aromatic carbocycles. The van der Waals surface area contributed by atoms with Crippen LogP contribution in [0.25, 0.3) is 0 Å². The number of nitrogens with two attached hydrogens (primary N) is 1.